The van der Waals surface area contributed by atoms with Crippen molar-refractivity contribution in [3.63, 3.8) is 0 Å². The highest BCUT2D eigenvalue weighted by Gasteiger charge is 2.23. The van der Waals surface area contributed by atoms with Gasteiger partial charge in [0.25, 0.3) is 0 Å². The van der Waals surface area contributed by atoms with Gasteiger partial charge in [0.2, 0.25) is 5.91 Å². The van der Waals surface area contributed by atoms with Gasteiger partial charge < -0.3 is 5.32 Å². The second-order valence-electron chi connectivity index (χ2n) is 4.99. The lowest BCUT2D eigenvalue weighted by molar-refractivity contribution is -0.115. The van der Waals surface area contributed by atoms with Crippen molar-refractivity contribution in [2.45, 2.75) is 16.5 Å². The average molecular weight is 359 g/mol. The van der Waals surface area contributed by atoms with Gasteiger partial charge >= 0.3 is 0 Å². The molecule has 1 atom stereocenters. The summed E-state index contributed by atoms with van der Waals surface area (Å²) in [6.07, 6.45) is 0. The molecule has 2 aromatic carbocycles. The van der Waals surface area contributed by atoms with E-state index in [4.69, 9.17) is 0 Å². The maximum absolute atomic E-state index is 13.0. The van der Waals surface area contributed by atoms with Gasteiger partial charge in [0.1, 0.15) is 16.1 Å². The Kier molecular flexibility index (Phi) is 5.22. The van der Waals surface area contributed by atoms with E-state index in [1.54, 1.807) is 0 Å². The molecule has 3 aromatic rings. The molecule has 1 unspecified atom stereocenters. The lowest BCUT2D eigenvalue weighted by Crippen LogP contribution is -2.19. The van der Waals surface area contributed by atoms with E-state index >= 15 is 0 Å². The van der Waals surface area contributed by atoms with Crippen molar-refractivity contribution < 1.29 is 9.18 Å². The summed E-state index contributed by atoms with van der Waals surface area (Å²) in [6.45, 7) is 1.87. The zero-order valence-corrected chi connectivity index (χ0v) is 14.4. The molecule has 0 spiro atoms. The van der Waals surface area contributed by atoms with Crippen molar-refractivity contribution in [1.29, 1.82) is 0 Å². The van der Waals surface area contributed by atoms with Gasteiger partial charge in [-0.3, -0.25) is 4.79 Å². The second-order valence-corrected chi connectivity index (χ2v) is 7.53. The first kappa shape index (κ1) is 16.6. The number of carbonyl (C=O) groups excluding carboxylic acids is 1. The molecule has 0 aliphatic carbocycles. The molecule has 7 heteroatoms. The van der Waals surface area contributed by atoms with Gasteiger partial charge in [-0.05, 0) is 36.8 Å². The average Bonchev–Trinajstić information content (AvgIpc) is 3.00. The predicted molar refractivity (Wildman–Crippen MR) is 94.7 cm³/mol. The van der Waals surface area contributed by atoms with E-state index < -0.39 is 5.25 Å². The van der Waals surface area contributed by atoms with Crippen LogP contribution in [-0.2, 0) is 4.79 Å². The van der Waals surface area contributed by atoms with Crippen LogP contribution in [0.2, 0.25) is 0 Å². The van der Waals surface area contributed by atoms with Gasteiger partial charge in [-0.15, -0.1) is 10.2 Å². The first-order valence-corrected chi connectivity index (χ1v) is 8.89. The van der Waals surface area contributed by atoms with Gasteiger partial charge in [-0.1, -0.05) is 53.4 Å². The van der Waals surface area contributed by atoms with Gasteiger partial charge in [-0.25, -0.2) is 4.39 Å². The molecule has 1 aromatic heterocycles. The third-order valence-corrected chi connectivity index (χ3v) is 5.36. The van der Waals surface area contributed by atoms with Crippen LogP contribution in [0.3, 0.4) is 0 Å². The molecule has 0 bridgehead atoms. The molecular weight excluding hydrogens is 345 g/mol. The molecule has 122 valence electrons. The Bertz CT molecular complexity index is 821. The summed E-state index contributed by atoms with van der Waals surface area (Å²) in [4.78, 5) is 12.7. The minimum atomic E-state index is -0.469. The standard InChI is InChI=1S/C17H14FN3OS2/c1-11-20-21-17(23-11)24-15(12-5-3-2-4-6-12)16(22)19-14-9-7-13(18)8-10-14/h2-10,15H,1H3,(H,19,22). The zero-order valence-electron chi connectivity index (χ0n) is 12.8. The third-order valence-electron chi connectivity index (χ3n) is 3.18. The number of anilines is 1. The van der Waals surface area contributed by atoms with E-state index in [2.05, 4.69) is 15.5 Å². The zero-order chi connectivity index (χ0) is 16.9. The molecular formula is C17H14FN3OS2. The summed E-state index contributed by atoms with van der Waals surface area (Å²) < 4.78 is 13.7. The number of aryl methyl sites for hydroxylation is 1. The lowest BCUT2D eigenvalue weighted by atomic mass is 10.1. The number of nitrogens with zero attached hydrogens (tertiary/aromatic N) is 2. The molecule has 0 saturated heterocycles. The maximum Gasteiger partial charge on any atom is 0.242 e. The van der Waals surface area contributed by atoms with Crippen molar-refractivity contribution in [2.75, 3.05) is 5.32 Å². The first-order chi connectivity index (χ1) is 11.6. The number of nitrogens with one attached hydrogen (secondary N) is 1. The number of hydrogen-bond donors (Lipinski definition) is 1. The Hall–Kier alpha value is -2.25. The molecule has 1 heterocycles. The van der Waals surface area contributed by atoms with Crippen LogP contribution < -0.4 is 5.32 Å². The van der Waals surface area contributed by atoms with Gasteiger partial charge in [-0.2, -0.15) is 0 Å². The number of halogens is 1. The maximum atomic E-state index is 13.0. The summed E-state index contributed by atoms with van der Waals surface area (Å²) in [5.74, 6) is -0.531. The highest BCUT2D eigenvalue weighted by Crippen LogP contribution is 2.37. The molecule has 3 rings (SSSR count). The third kappa shape index (κ3) is 4.18. The van der Waals surface area contributed by atoms with E-state index in [1.807, 2.05) is 37.3 Å². The fraction of sp³-hybridized carbons (Fsp3) is 0.118. The van der Waals surface area contributed by atoms with Gasteiger partial charge in [0.05, 0.1) is 0 Å². The van der Waals surface area contributed by atoms with Gasteiger partial charge in [0, 0.05) is 5.69 Å². The predicted octanol–water partition coefficient (Wildman–Crippen LogP) is 4.46. The highest BCUT2D eigenvalue weighted by atomic mass is 32.2. The topological polar surface area (TPSA) is 54.9 Å². The van der Waals surface area contributed by atoms with E-state index in [0.717, 1.165) is 14.9 Å². The summed E-state index contributed by atoms with van der Waals surface area (Å²) in [6, 6.07) is 15.2. The summed E-state index contributed by atoms with van der Waals surface area (Å²) >= 11 is 2.80. The van der Waals surface area contributed by atoms with Crippen molar-refractivity contribution in [1.82, 2.24) is 10.2 Å². The smallest absolute Gasteiger partial charge is 0.242 e. The fourth-order valence-corrected chi connectivity index (χ4v) is 4.08. The van der Waals surface area contributed by atoms with Crippen LogP contribution in [0.1, 0.15) is 15.8 Å². The molecule has 24 heavy (non-hydrogen) atoms. The van der Waals surface area contributed by atoms with Crippen molar-refractivity contribution in [3.05, 3.63) is 71.0 Å². The SMILES string of the molecule is Cc1nnc(SC(C(=O)Nc2ccc(F)cc2)c2ccccc2)s1. The molecule has 0 aliphatic rings. The van der Waals surface area contributed by atoms with Crippen LogP contribution in [0.15, 0.2) is 58.9 Å². The van der Waals surface area contributed by atoms with Crippen molar-refractivity contribution >= 4 is 34.7 Å². The normalized spacial score (nSPS) is 11.9. The Balaban J connectivity index is 1.83. The lowest BCUT2D eigenvalue weighted by Gasteiger charge is -2.15. The minimum absolute atomic E-state index is 0.189. The molecule has 0 radical (unpaired) electrons. The number of benzene rings is 2. The van der Waals surface area contributed by atoms with Crippen LogP contribution in [0.5, 0.6) is 0 Å². The number of carbonyl (C=O) groups is 1. The summed E-state index contributed by atoms with van der Waals surface area (Å²) in [5.41, 5.74) is 1.42. The Morgan fingerprint density at radius 1 is 1.12 bits per heavy atom. The number of aromatic nitrogens is 2. The van der Waals surface area contributed by atoms with Crippen LogP contribution >= 0.6 is 23.1 Å². The minimum Gasteiger partial charge on any atom is -0.325 e. The molecule has 4 nitrogen and oxygen atoms in total. The summed E-state index contributed by atoms with van der Waals surface area (Å²) in [5, 5.41) is 11.3. The van der Waals surface area contributed by atoms with Gasteiger partial charge in [0.15, 0.2) is 4.34 Å². The van der Waals surface area contributed by atoms with E-state index in [0.29, 0.717) is 5.69 Å². The number of rotatable bonds is 5. The van der Waals surface area contributed by atoms with E-state index in [-0.39, 0.29) is 11.7 Å². The Labute approximate surface area is 147 Å². The molecule has 0 aliphatic heterocycles. The second kappa shape index (κ2) is 7.55. The van der Waals surface area contributed by atoms with Crippen molar-refractivity contribution in [2.24, 2.45) is 0 Å². The summed E-state index contributed by atoms with van der Waals surface area (Å²) in [7, 11) is 0. The number of thioether (sulfide) groups is 1. The fourth-order valence-electron chi connectivity index (χ4n) is 2.07. The Morgan fingerprint density at radius 3 is 2.46 bits per heavy atom. The molecule has 0 saturated carbocycles. The monoisotopic (exact) mass is 359 g/mol. The van der Waals surface area contributed by atoms with E-state index in [1.165, 1.54) is 47.4 Å². The Morgan fingerprint density at radius 2 is 1.83 bits per heavy atom. The van der Waals surface area contributed by atoms with Crippen LogP contribution in [0.25, 0.3) is 0 Å². The number of hydrogen-bond acceptors (Lipinski definition) is 5. The van der Waals surface area contributed by atoms with Crippen molar-refractivity contribution in [3.8, 4) is 0 Å². The first-order valence-electron chi connectivity index (χ1n) is 7.20. The number of amides is 1. The van der Waals surface area contributed by atoms with Crippen LogP contribution in [-0.4, -0.2) is 16.1 Å². The molecule has 1 amide bonds. The molecule has 0 fully saturated rings. The van der Waals surface area contributed by atoms with Crippen LogP contribution in [0, 0.1) is 12.7 Å². The molecule has 1 N–H and O–H groups in total. The largest absolute Gasteiger partial charge is 0.325 e. The van der Waals surface area contributed by atoms with E-state index in [9.17, 15) is 9.18 Å². The highest BCUT2D eigenvalue weighted by molar-refractivity contribution is 8.01. The quantitative estimate of drug-likeness (QED) is 0.684. The van der Waals surface area contributed by atoms with Crippen LogP contribution in [0.4, 0.5) is 10.1 Å².